The molecule has 2 aromatic heterocycles. The molecule has 1 radical (unpaired) electrons. The van der Waals surface area contributed by atoms with Gasteiger partial charge in [-0.3, -0.25) is 9.78 Å². The van der Waals surface area contributed by atoms with E-state index < -0.39 is 0 Å². The Hall–Kier alpha value is -3.53. The second kappa shape index (κ2) is 17.5. The molecule has 5 heteroatoms. The molecule has 0 aliphatic rings. The largest absolute Gasteiger partial charge is 0.512 e. The van der Waals surface area contributed by atoms with Gasteiger partial charge in [0, 0.05) is 48.1 Å². The summed E-state index contributed by atoms with van der Waals surface area (Å²) in [6.45, 7) is 25.5. The molecular weight excluding hydrogens is 819 g/mol. The zero-order valence-corrected chi connectivity index (χ0v) is 36.0. The second-order valence-corrected chi connectivity index (χ2v) is 16.3. The van der Waals surface area contributed by atoms with Crippen molar-refractivity contribution in [2.45, 2.75) is 121 Å². The van der Waals surface area contributed by atoms with Gasteiger partial charge in [0.15, 0.2) is 5.78 Å². The number of aryl methyl sites for hydroxylation is 1. The number of furan rings is 1. The van der Waals surface area contributed by atoms with Crippen molar-refractivity contribution in [3.63, 3.8) is 0 Å². The molecular formula is C47H60IrNO3-. The molecule has 1 N–H and O–H groups in total. The molecule has 0 aliphatic carbocycles. The van der Waals surface area contributed by atoms with Gasteiger partial charge in [-0.05, 0) is 72.6 Å². The molecule has 5 aromatic rings. The molecule has 0 saturated carbocycles. The van der Waals surface area contributed by atoms with Crippen molar-refractivity contribution >= 4 is 27.7 Å². The molecule has 2 heterocycles. The van der Waals surface area contributed by atoms with Crippen LogP contribution in [0.2, 0.25) is 0 Å². The van der Waals surface area contributed by atoms with Crippen molar-refractivity contribution < 1.29 is 34.4 Å². The summed E-state index contributed by atoms with van der Waals surface area (Å²) in [4.78, 5) is 17.1. The summed E-state index contributed by atoms with van der Waals surface area (Å²) in [6.07, 6.45) is 7.65. The van der Waals surface area contributed by atoms with Crippen LogP contribution in [0.3, 0.4) is 0 Å². The van der Waals surface area contributed by atoms with Crippen LogP contribution in [0.1, 0.15) is 119 Å². The van der Waals surface area contributed by atoms with Gasteiger partial charge >= 0.3 is 0 Å². The molecule has 0 aliphatic heterocycles. The van der Waals surface area contributed by atoms with E-state index in [1.54, 1.807) is 0 Å². The summed E-state index contributed by atoms with van der Waals surface area (Å²) < 4.78 is 5.91. The van der Waals surface area contributed by atoms with Crippen LogP contribution in [-0.2, 0) is 36.7 Å². The number of allylic oxidation sites excluding steroid dienone is 2. The number of hydrogen-bond donors (Lipinski definition) is 1. The molecule has 3 aromatic carbocycles. The summed E-state index contributed by atoms with van der Waals surface area (Å²) in [7, 11) is 0. The summed E-state index contributed by atoms with van der Waals surface area (Å²) in [5.74, 6) is 0.926. The fourth-order valence-corrected chi connectivity index (χ4v) is 6.52. The second-order valence-electron chi connectivity index (χ2n) is 16.3. The number of pyridine rings is 1. The van der Waals surface area contributed by atoms with Crippen molar-refractivity contribution in [1.82, 2.24) is 4.98 Å². The van der Waals surface area contributed by atoms with E-state index in [0.717, 1.165) is 65.3 Å². The fraction of sp³-hybridized carbons (Fsp3) is 0.447. The Balaban J connectivity index is 0.000000347. The van der Waals surface area contributed by atoms with Crippen LogP contribution >= 0.6 is 0 Å². The molecule has 0 atom stereocenters. The molecule has 52 heavy (non-hydrogen) atoms. The third kappa shape index (κ3) is 9.52. The Morgan fingerprint density at radius 1 is 0.885 bits per heavy atom. The van der Waals surface area contributed by atoms with Gasteiger partial charge < -0.3 is 9.52 Å². The summed E-state index contributed by atoms with van der Waals surface area (Å²) in [6, 6.07) is 25.5. The maximum atomic E-state index is 12.2. The van der Waals surface area contributed by atoms with Gasteiger partial charge in [-0.1, -0.05) is 136 Å². The normalized spacial score (nSPS) is 12.5. The third-order valence-corrected chi connectivity index (χ3v) is 11.1. The van der Waals surface area contributed by atoms with E-state index in [4.69, 9.17) is 9.40 Å². The zero-order chi connectivity index (χ0) is 37.7. The number of benzene rings is 3. The minimum absolute atomic E-state index is 0. The molecule has 0 amide bonds. The SMILES string of the molecule is CCC(C)(CC)C(=O)/C=C(\O)C(C)(CC)CC.Cc1coc2nc(-c3[c-]c4ccccc4c(C(C)(C)C)c3)cc(-c3ccc(CC(C)C)cc3)c12.[Ir]. The smallest absolute Gasteiger partial charge is 0.219 e. The van der Waals surface area contributed by atoms with Crippen molar-refractivity contribution in [3.05, 3.63) is 102 Å². The van der Waals surface area contributed by atoms with Crippen LogP contribution in [0.5, 0.6) is 0 Å². The molecule has 0 saturated heterocycles. The maximum Gasteiger partial charge on any atom is 0.219 e. The number of aliphatic hydroxyl groups excluding tert-OH is 1. The zero-order valence-electron chi connectivity index (χ0n) is 33.6. The van der Waals surface area contributed by atoms with Gasteiger partial charge in [0.1, 0.15) is 5.76 Å². The van der Waals surface area contributed by atoms with Gasteiger partial charge in [0.05, 0.1) is 6.26 Å². The summed E-state index contributed by atoms with van der Waals surface area (Å²) in [5, 5.41) is 13.6. The predicted molar refractivity (Wildman–Crippen MR) is 216 cm³/mol. The van der Waals surface area contributed by atoms with Crippen molar-refractivity contribution in [1.29, 1.82) is 0 Å². The van der Waals surface area contributed by atoms with Crippen molar-refractivity contribution in [2.24, 2.45) is 16.7 Å². The molecule has 281 valence electrons. The van der Waals surface area contributed by atoms with Crippen molar-refractivity contribution in [2.75, 3.05) is 0 Å². The topological polar surface area (TPSA) is 63.3 Å². The van der Waals surface area contributed by atoms with E-state index in [1.165, 1.54) is 28.2 Å². The number of hydrogen-bond acceptors (Lipinski definition) is 4. The quantitative estimate of drug-likeness (QED) is 0.0816. The Bertz CT molecular complexity index is 1980. The molecule has 5 rings (SSSR count). The Morgan fingerprint density at radius 2 is 1.48 bits per heavy atom. The van der Waals surface area contributed by atoms with E-state index in [-0.39, 0.29) is 47.9 Å². The molecule has 0 spiro atoms. The van der Waals surface area contributed by atoms with Crippen LogP contribution in [0, 0.1) is 29.7 Å². The monoisotopic (exact) mass is 879 g/mol. The number of nitrogens with zero attached hydrogens (tertiary/aromatic N) is 1. The first-order valence-corrected chi connectivity index (χ1v) is 18.9. The number of rotatable bonds is 11. The molecule has 0 fully saturated rings. The van der Waals surface area contributed by atoms with Crippen LogP contribution in [0.4, 0.5) is 0 Å². The van der Waals surface area contributed by atoms with Crippen LogP contribution < -0.4 is 0 Å². The van der Waals surface area contributed by atoms with Gasteiger partial charge in [0.2, 0.25) is 5.71 Å². The Labute approximate surface area is 326 Å². The van der Waals surface area contributed by atoms with E-state index in [9.17, 15) is 9.90 Å². The number of carbonyl (C=O) groups excluding carboxylic acids is 1. The predicted octanol–water partition coefficient (Wildman–Crippen LogP) is 13.6. The van der Waals surface area contributed by atoms with Gasteiger partial charge in [-0.25, -0.2) is 0 Å². The fourth-order valence-electron chi connectivity index (χ4n) is 6.52. The van der Waals surface area contributed by atoms with E-state index >= 15 is 0 Å². The first-order valence-electron chi connectivity index (χ1n) is 18.9. The standard InChI is InChI=1S/C32H32NO.C15H28O2.Ir/c1-20(2)15-22-11-13-23(14-12-22)27-18-29(33-31-30(27)21(3)19-34-31)25-16-24-9-7-8-10-26(24)28(17-25)32(4,5)6;1-7-14(5,8-2)12(16)11-13(17)15(6,9-3)10-4;/h7-14,17-20H,15H2,1-6H3;11,16H,7-10H2,1-6H3;/q-1;;/b;12-11-;. The van der Waals surface area contributed by atoms with E-state index in [0.29, 0.717) is 11.6 Å². The number of aromatic nitrogens is 1. The Morgan fingerprint density at radius 3 is 2.04 bits per heavy atom. The van der Waals surface area contributed by atoms with E-state index in [1.807, 2.05) is 47.8 Å². The summed E-state index contributed by atoms with van der Waals surface area (Å²) in [5.41, 5.74) is 8.07. The number of ketones is 1. The third-order valence-electron chi connectivity index (χ3n) is 11.1. The minimum atomic E-state index is -0.337. The summed E-state index contributed by atoms with van der Waals surface area (Å²) >= 11 is 0. The van der Waals surface area contributed by atoms with Crippen LogP contribution in [0.25, 0.3) is 44.3 Å². The molecule has 0 unspecified atom stereocenters. The van der Waals surface area contributed by atoms with Crippen molar-refractivity contribution in [3.8, 4) is 22.4 Å². The molecule has 0 bridgehead atoms. The van der Waals surface area contributed by atoms with Gasteiger partial charge in [-0.15, -0.1) is 29.1 Å². The minimum Gasteiger partial charge on any atom is -0.512 e. The average molecular weight is 879 g/mol. The van der Waals surface area contributed by atoms with Crippen LogP contribution in [-0.4, -0.2) is 15.9 Å². The Kier molecular flexibility index (Phi) is 14.5. The maximum absolute atomic E-state index is 12.2. The average Bonchev–Trinajstić information content (AvgIpc) is 3.50. The first-order chi connectivity index (χ1) is 24.0. The number of aliphatic hydroxyl groups is 1. The van der Waals surface area contributed by atoms with Gasteiger partial charge in [0.25, 0.3) is 0 Å². The van der Waals surface area contributed by atoms with Gasteiger partial charge in [-0.2, -0.15) is 0 Å². The first kappa shape index (κ1) is 42.9. The van der Waals surface area contributed by atoms with Crippen LogP contribution in [0.15, 0.2) is 83.2 Å². The number of carbonyl (C=O) groups is 1. The molecule has 4 nitrogen and oxygen atoms in total. The van der Waals surface area contributed by atoms with E-state index in [2.05, 4.69) is 108 Å². The number of fused-ring (bicyclic) bond motifs is 2.